The Balaban J connectivity index is 1.57. The number of nitrogens with one attached hydrogen (secondary N) is 2. The molecule has 0 atom stereocenters. The van der Waals surface area contributed by atoms with Crippen molar-refractivity contribution in [1.82, 2.24) is 0 Å². The molecular formula is C18H21BN2. The van der Waals surface area contributed by atoms with E-state index in [1.165, 1.54) is 54.3 Å². The third-order valence-corrected chi connectivity index (χ3v) is 4.75. The second-order valence-electron chi connectivity index (χ2n) is 6.26. The number of hydrogen-bond donors (Lipinski definition) is 2. The van der Waals surface area contributed by atoms with Gasteiger partial charge in [-0.15, -0.1) is 0 Å². The van der Waals surface area contributed by atoms with Crippen molar-refractivity contribution in [3.05, 3.63) is 48.4 Å². The van der Waals surface area contributed by atoms with Gasteiger partial charge >= 0.3 is 6.98 Å². The fraction of sp³-hybridized carbons (Fsp3) is 0.333. The molecule has 1 fully saturated rings. The Kier molecular flexibility index (Phi) is 3.34. The Bertz CT molecular complexity index is 633. The molecule has 1 heterocycles. The average molecular weight is 276 g/mol. The van der Waals surface area contributed by atoms with Gasteiger partial charge in [-0.1, -0.05) is 55.6 Å². The van der Waals surface area contributed by atoms with Crippen LogP contribution in [-0.4, -0.2) is 6.98 Å². The zero-order chi connectivity index (χ0) is 14.1. The van der Waals surface area contributed by atoms with Gasteiger partial charge in [-0.05, 0) is 36.3 Å². The highest BCUT2D eigenvalue weighted by molar-refractivity contribution is 6.72. The third kappa shape index (κ3) is 2.53. The van der Waals surface area contributed by atoms with Gasteiger partial charge in [-0.2, -0.15) is 0 Å². The zero-order valence-corrected chi connectivity index (χ0v) is 12.3. The van der Waals surface area contributed by atoms with Crippen LogP contribution in [0, 0.1) is 5.92 Å². The van der Waals surface area contributed by atoms with Gasteiger partial charge in [0.1, 0.15) is 0 Å². The van der Waals surface area contributed by atoms with Crippen molar-refractivity contribution in [2.24, 2.45) is 5.92 Å². The predicted octanol–water partition coefficient (Wildman–Crippen LogP) is 4.84. The van der Waals surface area contributed by atoms with E-state index >= 15 is 0 Å². The van der Waals surface area contributed by atoms with Gasteiger partial charge in [0.05, 0.1) is 0 Å². The molecule has 2 aliphatic rings. The molecule has 2 aromatic carbocycles. The van der Waals surface area contributed by atoms with Crippen LogP contribution in [-0.2, 0) is 0 Å². The van der Waals surface area contributed by atoms with Crippen LogP contribution in [0.2, 0.25) is 0 Å². The summed E-state index contributed by atoms with van der Waals surface area (Å²) in [5.74, 6) is 3.08. The Labute approximate surface area is 126 Å². The molecule has 0 unspecified atom stereocenters. The van der Waals surface area contributed by atoms with E-state index in [0.29, 0.717) is 0 Å². The van der Waals surface area contributed by atoms with Crippen LogP contribution >= 0.6 is 0 Å². The maximum absolute atomic E-state index is 3.60. The second-order valence-corrected chi connectivity index (χ2v) is 6.26. The fourth-order valence-corrected chi connectivity index (χ4v) is 3.64. The van der Waals surface area contributed by atoms with Crippen molar-refractivity contribution in [1.29, 1.82) is 0 Å². The van der Waals surface area contributed by atoms with Gasteiger partial charge in [0.25, 0.3) is 0 Å². The summed E-state index contributed by atoms with van der Waals surface area (Å²) in [4.78, 5) is 0. The van der Waals surface area contributed by atoms with Crippen LogP contribution in [0.3, 0.4) is 0 Å². The first-order valence-corrected chi connectivity index (χ1v) is 8.13. The summed E-state index contributed by atoms with van der Waals surface area (Å²) >= 11 is 0. The number of anilines is 2. The first-order valence-electron chi connectivity index (χ1n) is 8.13. The van der Waals surface area contributed by atoms with Crippen LogP contribution in [0.25, 0.3) is 10.8 Å². The van der Waals surface area contributed by atoms with Crippen LogP contribution in [0.1, 0.15) is 32.1 Å². The van der Waals surface area contributed by atoms with Crippen molar-refractivity contribution in [2.45, 2.75) is 32.1 Å². The third-order valence-electron chi connectivity index (χ3n) is 4.75. The Morgan fingerprint density at radius 1 is 0.905 bits per heavy atom. The van der Waals surface area contributed by atoms with Gasteiger partial charge in [0.15, 0.2) is 0 Å². The minimum atomic E-state index is 0.201. The van der Waals surface area contributed by atoms with Crippen molar-refractivity contribution in [2.75, 3.05) is 10.5 Å². The summed E-state index contributed by atoms with van der Waals surface area (Å²) in [5, 5.41) is 9.80. The normalized spacial score (nSPS) is 18.8. The molecule has 4 rings (SSSR count). The van der Waals surface area contributed by atoms with E-state index in [0.717, 1.165) is 5.92 Å². The molecule has 106 valence electrons. The number of hydrogen-bond acceptors (Lipinski definition) is 2. The average Bonchev–Trinajstić information content (AvgIpc) is 2.54. The van der Waals surface area contributed by atoms with Gasteiger partial charge < -0.3 is 10.5 Å². The van der Waals surface area contributed by atoms with Crippen molar-refractivity contribution in [3.8, 4) is 0 Å². The Hall–Kier alpha value is -1.90. The van der Waals surface area contributed by atoms with E-state index in [2.05, 4.69) is 58.9 Å². The molecule has 1 aliphatic carbocycles. The number of allylic oxidation sites excluding steroid dienone is 1. The second kappa shape index (κ2) is 5.47. The summed E-state index contributed by atoms with van der Waals surface area (Å²) in [6.07, 6.45) is 9.33. The number of rotatable bonds is 2. The number of benzene rings is 2. The van der Waals surface area contributed by atoms with Crippen molar-refractivity contribution < 1.29 is 0 Å². The van der Waals surface area contributed by atoms with Gasteiger partial charge in [0, 0.05) is 16.8 Å². The minimum Gasteiger partial charge on any atom is -0.405 e. The van der Waals surface area contributed by atoms with Gasteiger partial charge in [0.2, 0.25) is 0 Å². The topological polar surface area (TPSA) is 24.1 Å². The minimum absolute atomic E-state index is 0.201. The SMILES string of the molecule is C(=C\C1CCCCC1)/B1Nc2cccc3cccc(c23)N1. The molecule has 0 aromatic heterocycles. The summed E-state index contributed by atoms with van der Waals surface area (Å²) < 4.78 is 0. The standard InChI is InChI=1S/C18H21BN2/c1-2-6-14(7-3-1)12-13-19-20-16-10-4-8-15-9-5-11-17(21-19)18(15)16/h4-5,8-14,20-21H,1-3,6-7H2/b13-12+. The Morgan fingerprint density at radius 2 is 1.57 bits per heavy atom. The molecule has 0 bridgehead atoms. The largest absolute Gasteiger partial charge is 0.405 e. The van der Waals surface area contributed by atoms with Crippen molar-refractivity contribution in [3.63, 3.8) is 0 Å². The molecule has 0 radical (unpaired) electrons. The van der Waals surface area contributed by atoms with Gasteiger partial charge in [-0.25, -0.2) is 0 Å². The monoisotopic (exact) mass is 276 g/mol. The summed E-state index contributed by atoms with van der Waals surface area (Å²) in [6, 6.07) is 12.9. The van der Waals surface area contributed by atoms with E-state index in [4.69, 9.17) is 0 Å². The van der Waals surface area contributed by atoms with Gasteiger partial charge in [-0.3, -0.25) is 0 Å². The predicted molar refractivity (Wildman–Crippen MR) is 92.7 cm³/mol. The lowest BCUT2D eigenvalue weighted by Gasteiger charge is -2.25. The first kappa shape index (κ1) is 12.8. The summed E-state index contributed by atoms with van der Waals surface area (Å²) in [6.45, 7) is 0.201. The lowest BCUT2D eigenvalue weighted by Crippen LogP contribution is -2.35. The molecule has 1 aliphatic heterocycles. The maximum Gasteiger partial charge on any atom is 0.398 e. The lowest BCUT2D eigenvalue weighted by atomic mass is 9.72. The highest BCUT2D eigenvalue weighted by Crippen LogP contribution is 2.34. The van der Waals surface area contributed by atoms with Crippen molar-refractivity contribution >= 4 is 29.1 Å². The van der Waals surface area contributed by atoms with E-state index in [9.17, 15) is 0 Å². The van der Waals surface area contributed by atoms with Crippen LogP contribution in [0.15, 0.2) is 48.4 Å². The first-order chi connectivity index (χ1) is 10.4. The van der Waals surface area contributed by atoms with Crippen LogP contribution in [0.5, 0.6) is 0 Å². The Morgan fingerprint density at radius 3 is 2.24 bits per heavy atom. The summed E-state index contributed by atoms with van der Waals surface area (Å²) in [5.41, 5.74) is 2.47. The summed E-state index contributed by atoms with van der Waals surface area (Å²) in [7, 11) is 0. The molecule has 2 nitrogen and oxygen atoms in total. The van der Waals surface area contributed by atoms with Crippen LogP contribution < -0.4 is 10.5 Å². The van der Waals surface area contributed by atoms with E-state index in [1.807, 2.05) is 0 Å². The lowest BCUT2D eigenvalue weighted by molar-refractivity contribution is 0.419. The molecule has 21 heavy (non-hydrogen) atoms. The molecule has 2 aromatic rings. The quantitative estimate of drug-likeness (QED) is 0.767. The molecular weight excluding hydrogens is 255 g/mol. The van der Waals surface area contributed by atoms with E-state index < -0.39 is 0 Å². The maximum atomic E-state index is 3.60. The van der Waals surface area contributed by atoms with E-state index in [-0.39, 0.29) is 6.98 Å². The van der Waals surface area contributed by atoms with Crippen LogP contribution in [0.4, 0.5) is 11.4 Å². The molecule has 0 saturated heterocycles. The highest BCUT2D eigenvalue weighted by Gasteiger charge is 2.21. The zero-order valence-electron chi connectivity index (χ0n) is 12.3. The molecule has 3 heteroatoms. The fourth-order valence-electron chi connectivity index (χ4n) is 3.64. The van der Waals surface area contributed by atoms with E-state index in [1.54, 1.807) is 0 Å². The smallest absolute Gasteiger partial charge is 0.398 e. The molecule has 0 spiro atoms. The molecule has 2 N–H and O–H groups in total. The molecule has 1 saturated carbocycles. The molecule has 0 amide bonds. The highest BCUT2D eigenvalue weighted by atomic mass is 15.0.